The Labute approximate surface area is 147 Å². The summed E-state index contributed by atoms with van der Waals surface area (Å²) in [5, 5.41) is 8.82. The van der Waals surface area contributed by atoms with Gasteiger partial charge in [0.25, 0.3) is 11.8 Å². The van der Waals surface area contributed by atoms with Crippen molar-refractivity contribution in [3.63, 3.8) is 0 Å². The molecule has 2 aromatic carbocycles. The molecule has 1 saturated heterocycles. The van der Waals surface area contributed by atoms with Gasteiger partial charge in [-0.2, -0.15) is 0 Å². The third kappa shape index (κ3) is 4.45. The number of rotatable bonds is 5. The zero-order valence-electron chi connectivity index (χ0n) is 14.3. The standard InChI is InChI=1S/C20H23N3O2/c1-21-19(24)17-6-3-7-18(12-17)23-20(25)16-5-2-4-14(11-16)10-15-8-9-22-13-15/h2-7,11-12,15,22H,8-10,13H2,1H3,(H,21,24)(H,23,25). The van der Waals surface area contributed by atoms with E-state index in [0.29, 0.717) is 22.7 Å². The number of hydrogen-bond acceptors (Lipinski definition) is 3. The minimum atomic E-state index is -0.178. The summed E-state index contributed by atoms with van der Waals surface area (Å²) in [5.41, 5.74) is 2.94. The Morgan fingerprint density at radius 3 is 2.56 bits per heavy atom. The maximum absolute atomic E-state index is 12.5. The second-order valence-corrected chi connectivity index (χ2v) is 6.38. The van der Waals surface area contributed by atoms with Crippen LogP contribution in [0, 0.1) is 5.92 Å². The van der Waals surface area contributed by atoms with E-state index >= 15 is 0 Å². The van der Waals surface area contributed by atoms with E-state index in [0.717, 1.165) is 19.5 Å². The van der Waals surface area contributed by atoms with Crippen molar-refractivity contribution < 1.29 is 9.59 Å². The van der Waals surface area contributed by atoms with Crippen LogP contribution in [0.5, 0.6) is 0 Å². The Bertz CT molecular complexity index is 767. The normalized spacial score (nSPS) is 16.4. The van der Waals surface area contributed by atoms with Gasteiger partial charge in [-0.3, -0.25) is 9.59 Å². The van der Waals surface area contributed by atoms with Crippen molar-refractivity contribution in [2.75, 3.05) is 25.5 Å². The molecule has 5 heteroatoms. The molecule has 5 nitrogen and oxygen atoms in total. The average Bonchev–Trinajstić information content (AvgIpc) is 3.14. The van der Waals surface area contributed by atoms with Crippen LogP contribution in [0.4, 0.5) is 5.69 Å². The molecule has 0 aliphatic carbocycles. The van der Waals surface area contributed by atoms with Crippen LogP contribution in [0.3, 0.4) is 0 Å². The molecule has 1 fully saturated rings. The second-order valence-electron chi connectivity index (χ2n) is 6.38. The Hall–Kier alpha value is -2.66. The summed E-state index contributed by atoms with van der Waals surface area (Å²) >= 11 is 0. The fraction of sp³-hybridized carbons (Fsp3) is 0.300. The molecule has 130 valence electrons. The highest BCUT2D eigenvalue weighted by Crippen LogP contribution is 2.17. The van der Waals surface area contributed by atoms with Gasteiger partial charge >= 0.3 is 0 Å². The second kappa shape index (κ2) is 7.94. The lowest BCUT2D eigenvalue weighted by molar-refractivity contribution is 0.0961. The van der Waals surface area contributed by atoms with Crippen LogP contribution in [0.15, 0.2) is 48.5 Å². The number of carbonyl (C=O) groups is 2. The van der Waals surface area contributed by atoms with Crippen molar-refractivity contribution in [2.45, 2.75) is 12.8 Å². The van der Waals surface area contributed by atoms with E-state index in [1.807, 2.05) is 18.2 Å². The van der Waals surface area contributed by atoms with Gasteiger partial charge in [-0.15, -0.1) is 0 Å². The topological polar surface area (TPSA) is 70.2 Å². The first-order valence-corrected chi connectivity index (χ1v) is 8.59. The average molecular weight is 337 g/mol. The van der Waals surface area contributed by atoms with Gasteiger partial charge in [0, 0.05) is 23.9 Å². The lowest BCUT2D eigenvalue weighted by Crippen LogP contribution is -2.18. The minimum Gasteiger partial charge on any atom is -0.355 e. The van der Waals surface area contributed by atoms with E-state index in [9.17, 15) is 9.59 Å². The summed E-state index contributed by atoms with van der Waals surface area (Å²) in [6, 6.07) is 14.7. The van der Waals surface area contributed by atoms with E-state index in [2.05, 4.69) is 22.0 Å². The summed E-state index contributed by atoms with van der Waals surface area (Å²) in [5.74, 6) is 0.297. The van der Waals surface area contributed by atoms with Crippen molar-refractivity contribution in [3.05, 3.63) is 65.2 Å². The lowest BCUT2D eigenvalue weighted by atomic mass is 9.97. The molecule has 0 saturated carbocycles. The number of hydrogen-bond donors (Lipinski definition) is 3. The van der Waals surface area contributed by atoms with Gasteiger partial charge in [0.1, 0.15) is 0 Å². The molecule has 1 unspecified atom stereocenters. The van der Waals surface area contributed by atoms with Crippen LogP contribution in [-0.4, -0.2) is 32.0 Å². The van der Waals surface area contributed by atoms with Crippen molar-refractivity contribution >= 4 is 17.5 Å². The molecule has 3 N–H and O–H groups in total. The Morgan fingerprint density at radius 1 is 1.08 bits per heavy atom. The number of benzene rings is 2. The summed E-state index contributed by atoms with van der Waals surface area (Å²) in [7, 11) is 1.58. The van der Waals surface area contributed by atoms with Gasteiger partial charge < -0.3 is 16.0 Å². The first-order valence-electron chi connectivity index (χ1n) is 8.59. The van der Waals surface area contributed by atoms with Crippen molar-refractivity contribution in [3.8, 4) is 0 Å². The Balaban J connectivity index is 1.69. The van der Waals surface area contributed by atoms with Crippen LogP contribution >= 0.6 is 0 Å². The summed E-state index contributed by atoms with van der Waals surface area (Å²) in [4.78, 5) is 24.2. The molecule has 1 heterocycles. The quantitative estimate of drug-likeness (QED) is 0.785. The van der Waals surface area contributed by atoms with Crippen LogP contribution in [-0.2, 0) is 6.42 Å². The SMILES string of the molecule is CNC(=O)c1cccc(NC(=O)c2cccc(CC3CCNC3)c2)c1. The monoisotopic (exact) mass is 337 g/mol. The first kappa shape index (κ1) is 17.2. The number of amides is 2. The number of anilines is 1. The summed E-state index contributed by atoms with van der Waals surface area (Å²) < 4.78 is 0. The van der Waals surface area contributed by atoms with E-state index in [-0.39, 0.29) is 11.8 Å². The van der Waals surface area contributed by atoms with Crippen LogP contribution in [0.2, 0.25) is 0 Å². The Morgan fingerprint density at radius 2 is 1.84 bits per heavy atom. The third-order valence-electron chi connectivity index (χ3n) is 4.49. The van der Waals surface area contributed by atoms with E-state index in [1.54, 1.807) is 31.3 Å². The molecular weight excluding hydrogens is 314 g/mol. The Kier molecular flexibility index (Phi) is 5.46. The molecular formula is C20H23N3O2. The van der Waals surface area contributed by atoms with Gasteiger partial charge in [-0.25, -0.2) is 0 Å². The zero-order chi connectivity index (χ0) is 17.6. The van der Waals surface area contributed by atoms with Crippen molar-refractivity contribution in [1.82, 2.24) is 10.6 Å². The fourth-order valence-corrected chi connectivity index (χ4v) is 3.15. The molecule has 1 aliphatic heterocycles. The molecule has 2 amide bonds. The highest BCUT2D eigenvalue weighted by atomic mass is 16.2. The maximum Gasteiger partial charge on any atom is 0.255 e. The highest BCUT2D eigenvalue weighted by molar-refractivity contribution is 6.05. The third-order valence-corrected chi connectivity index (χ3v) is 4.49. The van der Waals surface area contributed by atoms with Crippen LogP contribution in [0.1, 0.15) is 32.7 Å². The van der Waals surface area contributed by atoms with Gasteiger partial charge in [0.05, 0.1) is 0 Å². The molecule has 1 atom stereocenters. The lowest BCUT2D eigenvalue weighted by Gasteiger charge is -2.11. The summed E-state index contributed by atoms with van der Waals surface area (Å²) in [6.45, 7) is 2.12. The number of carbonyl (C=O) groups excluding carboxylic acids is 2. The minimum absolute atomic E-state index is 0.166. The van der Waals surface area contributed by atoms with Gasteiger partial charge in [-0.1, -0.05) is 18.2 Å². The molecule has 2 aromatic rings. The smallest absolute Gasteiger partial charge is 0.255 e. The van der Waals surface area contributed by atoms with Crippen LogP contribution in [0.25, 0.3) is 0 Å². The molecule has 0 radical (unpaired) electrons. The molecule has 0 bridgehead atoms. The van der Waals surface area contributed by atoms with Gasteiger partial charge in [-0.05, 0) is 67.7 Å². The molecule has 0 spiro atoms. The predicted octanol–water partition coefficient (Wildman–Crippen LogP) is 2.45. The van der Waals surface area contributed by atoms with E-state index in [4.69, 9.17) is 0 Å². The van der Waals surface area contributed by atoms with Crippen molar-refractivity contribution in [2.24, 2.45) is 5.92 Å². The zero-order valence-corrected chi connectivity index (χ0v) is 14.3. The first-order chi connectivity index (χ1) is 12.2. The largest absolute Gasteiger partial charge is 0.355 e. The van der Waals surface area contributed by atoms with E-state index in [1.165, 1.54) is 12.0 Å². The maximum atomic E-state index is 12.5. The molecule has 0 aromatic heterocycles. The summed E-state index contributed by atoms with van der Waals surface area (Å²) in [6.07, 6.45) is 2.17. The predicted molar refractivity (Wildman–Crippen MR) is 98.9 cm³/mol. The van der Waals surface area contributed by atoms with Crippen molar-refractivity contribution in [1.29, 1.82) is 0 Å². The number of nitrogens with one attached hydrogen (secondary N) is 3. The fourth-order valence-electron chi connectivity index (χ4n) is 3.15. The van der Waals surface area contributed by atoms with Gasteiger partial charge in [0.15, 0.2) is 0 Å². The van der Waals surface area contributed by atoms with Gasteiger partial charge in [0.2, 0.25) is 0 Å². The van der Waals surface area contributed by atoms with Crippen LogP contribution < -0.4 is 16.0 Å². The highest BCUT2D eigenvalue weighted by Gasteiger charge is 2.16. The molecule has 3 rings (SSSR count). The van der Waals surface area contributed by atoms with E-state index < -0.39 is 0 Å². The molecule has 1 aliphatic rings. The molecule has 25 heavy (non-hydrogen) atoms.